The molecule has 0 radical (unpaired) electrons. The van der Waals surface area contributed by atoms with Crippen LogP contribution in [0.5, 0.6) is 0 Å². The smallest absolute Gasteiger partial charge is 0.271 e. The van der Waals surface area contributed by atoms with Gasteiger partial charge in [0.1, 0.15) is 12.1 Å². The molecule has 2 aromatic carbocycles. The van der Waals surface area contributed by atoms with Gasteiger partial charge < -0.3 is 9.30 Å². The highest BCUT2D eigenvalue weighted by atomic mass is 16.6. The fraction of sp³-hybridized carbons (Fsp3) is 0.263. The standard InChI is InChI=1S/C19H19N3O4/c1-3-26-13(2)19(23)18(14-7-5-4-6-8-14)21-12-20-16-11-15(22(24)25)9-10-17(16)21/h4-13,18H,3H2,1-2H3/t13-,18?/m0/s1. The maximum Gasteiger partial charge on any atom is 0.271 e. The lowest BCUT2D eigenvalue weighted by Gasteiger charge is -2.22. The molecule has 0 saturated heterocycles. The monoisotopic (exact) mass is 353 g/mol. The number of ketones is 1. The lowest BCUT2D eigenvalue weighted by Crippen LogP contribution is -2.31. The van der Waals surface area contributed by atoms with Gasteiger partial charge >= 0.3 is 0 Å². The van der Waals surface area contributed by atoms with Crippen LogP contribution < -0.4 is 0 Å². The Balaban J connectivity index is 2.11. The predicted molar refractivity (Wildman–Crippen MR) is 97.1 cm³/mol. The van der Waals surface area contributed by atoms with Gasteiger partial charge in [0.2, 0.25) is 0 Å². The number of nitrogens with zero attached hydrogens (tertiary/aromatic N) is 3. The van der Waals surface area contributed by atoms with E-state index in [0.29, 0.717) is 17.6 Å². The van der Waals surface area contributed by atoms with Crippen LogP contribution in [0.15, 0.2) is 54.9 Å². The summed E-state index contributed by atoms with van der Waals surface area (Å²) >= 11 is 0. The minimum atomic E-state index is -0.621. The molecule has 7 heteroatoms. The molecule has 0 fully saturated rings. The van der Waals surface area contributed by atoms with Crippen LogP contribution in [-0.2, 0) is 9.53 Å². The van der Waals surface area contributed by atoms with Crippen LogP contribution in [0.3, 0.4) is 0 Å². The van der Waals surface area contributed by atoms with Gasteiger partial charge in [-0.25, -0.2) is 4.98 Å². The molecule has 0 aliphatic rings. The molecule has 7 nitrogen and oxygen atoms in total. The summed E-state index contributed by atoms with van der Waals surface area (Å²) in [5.74, 6) is -0.101. The van der Waals surface area contributed by atoms with Crippen LogP contribution in [0.25, 0.3) is 11.0 Å². The van der Waals surface area contributed by atoms with Crippen LogP contribution in [-0.4, -0.2) is 33.0 Å². The maximum absolute atomic E-state index is 13.1. The van der Waals surface area contributed by atoms with E-state index in [1.54, 1.807) is 23.9 Å². The number of imidazole rings is 1. The number of carbonyl (C=O) groups is 1. The Morgan fingerprint density at radius 1 is 1.27 bits per heavy atom. The summed E-state index contributed by atoms with van der Waals surface area (Å²) in [4.78, 5) is 27.8. The summed E-state index contributed by atoms with van der Waals surface area (Å²) in [6.45, 7) is 4.00. The van der Waals surface area contributed by atoms with Gasteiger partial charge in [0.05, 0.1) is 22.3 Å². The Hall–Kier alpha value is -3.06. The molecule has 0 aliphatic heterocycles. The first-order valence-corrected chi connectivity index (χ1v) is 8.34. The van der Waals surface area contributed by atoms with Crippen molar-refractivity contribution in [3.8, 4) is 0 Å². The second kappa shape index (κ2) is 7.45. The molecule has 26 heavy (non-hydrogen) atoms. The van der Waals surface area contributed by atoms with Gasteiger partial charge in [-0.3, -0.25) is 14.9 Å². The van der Waals surface area contributed by atoms with Crippen molar-refractivity contribution in [1.82, 2.24) is 9.55 Å². The molecule has 1 unspecified atom stereocenters. The average molecular weight is 353 g/mol. The van der Waals surface area contributed by atoms with Gasteiger partial charge in [0, 0.05) is 18.7 Å². The molecule has 0 spiro atoms. The summed E-state index contributed by atoms with van der Waals surface area (Å²) in [5.41, 5.74) is 1.90. The minimum absolute atomic E-state index is 0.0342. The van der Waals surface area contributed by atoms with Crippen molar-refractivity contribution in [2.45, 2.75) is 26.0 Å². The number of nitro benzene ring substituents is 1. The van der Waals surface area contributed by atoms with Gasteiger partial charge in [0.25, 0.3) is 5.69 Å². The number of non-ortho nitro benzene ring substituents is 1. The molecule has 1 heterocycles. The van der Waals surface area contributed by atoms with E-state index < -0.39 is 17.1 Å². The van der Waals surface area contributed by atoms with E-state index >= 15 is 0 Å². The van der Waals surface area contributed by atoms with Gasteiger partial charge in [-0.15, -0.1) is 0 Å². The number of hydrogen-bond acceptors (Lipinski definition) is 5. The zero-order chi connectivity index (χ0) is 18.7. The summed E-state index contributed by atoms with van der Waals surface area (Å²) in [6, 6.07) is 13.2. The molecule has 3 rings (SSSR count). The lowest BCUT2D eigenvalue weighted by molar-refractivity contribution is -0.384. The number of nitro groups is 1. The highest BCUT2D eigenvalue weighted by molar-refractivity contribution is 5.91. The highest BCUT2D eigenvalue weighted by Gasteiger charge is 2.28. The molecule has 134 valence electrons. The Labute approximate surface area is 150 Å². The van der Waals surface area contributed by atoms with Gasteiger partial charge in [-0.1, -0.05) is 30.3 Å². The Morgan fingerprint density at radius 2 is 2.00 bits per heavy atom. The van der Waals surface area contributed by atoms with E-state index in [4.69, 9.17) is 4.74 Å². The maximum atomic E-state index is 13.1. The first-order chi connectivity index (χ1) is 12.5. The fourth-order valence-electron chi connectivity index (χ4n) is 2.99. The third kappa shape index (κ3) is 3.34. The van der Waals surface area contributed by atoms with E-state index in [1.807, 2.05) is 37.3 Å². The van der Waals surface area contributed by atoms with Crippen molar-refractivity contribution >= 4 is 22.5 Å². The number of ether oxygens (including phenoxy) is 1. The molecule has 2 atom stereocenters. The number of Topliss-reactive ketones (excluding diaryl/α,β-unsaturated/α-hetero) is 1. The van der Waals surface area contributed by atoms with Crippen LogP contribution >= 0.6 is 0 Å². The number of rotatable bonds is 7. The number of hydrogen-bond donors (Lipinski definition) is 0. The van der Waals surface area contributed by atoms with E-state index in [9.17, 15) is 14.9 Å². The molecule has 0 bridgehead atoms. The summed E-state index contributed by atoms with van der Waals surface area (Å²) in [5, 5.41) is 11.0. The molecule has 1 aromatic heterocycles. The van der Waals surface area contributed by atoms with Gasteiger partial charge in [-0.2, -0.15) is 0 Å². The molecule has 3 aromatic rings. The summed E-state index contributed by atoms with van der Waals surface area (Å²) < 4.78 is 7.24. The Bertz CT molecular complexity index is 936. The molecular weight excluding hydrogens is 334 g/mol. The van der Waals surface area contributed by atoms with E-state index in [0.717, 1.165) is 5.56 Å². The fourth-order valence-corrected chi connectivity index (χ4v) is 2.99. The zero-order valence-electron chi connectivity index (χ0n) is 14.5. The topological polar surface area (TPSA) is 87.3 Å². The van der Waals surface area contributed by atoms with Crippen molar-refractivity contribution in [2.75, 3.05) is 6.61 Å². The van der Waals surface area contributed by atoms with Crippen molar-refractivity contribution in [2.24, 2.45) is 0 Å². The Kier molecular flexibility index (Phi) is 5.09. The van der Waals surface area contributed by atoms with Gasteiger partial charge in [0.15, 0.2) is 5.78 Å². The second-order valence-electron chi connectivity index (χ2n) is 5.90. The first-order valence-electron chi connectivity index (χ1n) is 8.34. The summed E-state index contributed by atoms with van der Waals surface area (Å²) in [7, 11) is 0. The van der Waals surface area contributed by atoms with Crippen LogP contribution in [0.1, 0.15) is 25.5 Å². The molecule has 0 saturated carbocycles. The van der Waals surface area contributed by atoms with Crippen LogP contribution in [0.4, 0.5) is 5.69 Å². The number of aromatic nitrogens is 2. The average Bonchev–Trinajstić information content (AvgIpc) is 3.06. The molecular formula is C19H19N3O4. The minimum Gasteiger partial charge on any atom is -0.371 e. The number of fused-ring (bicyclic) bond motifs is 1. The number of carbonyl (C=O) groups excluding carboxylic acids is 1. The third-order valence-corrected chi connectivity index (χ3v) is 4.25. The first kappa shape index (κ1) is 17.8. The lowest BCUT2D eigenvalue weighted by atomic mass is 9.99. The van der Waals surface area contributed by atoms with E-state index in [-0.39, 0.29) is 11.5 Å². The van der Waals surface area contributed by atoms with E-state index in [1.165, 1.54) is 12.1 Å². The largest absolute Gasteiger partial charge is 0.371 e. The van der Waals surface area contributed by atoms with Crippen molar-refractivity contribution in [3.63, 3.8) is 0 Å². The van der Waals surface area contributed by atoms with Crippen molar-refractivity contribution in [1.29, 1.82) is 0 Å². The molecule has 0 N–H and O–H groups in total. The van der Waals surface area contributed by atoms with Crippen LogP contribution in [0.2, 0.25) is 0 Å². The van der Waals surface area contributed by atoms with Crippen LogP contribution in [0, 0.1) is 10.1 Å². The normalized spacial score (nSPS) is 13.5. The molecule has 0 amide bonds. The summed E-state index contributed by atoms with van der Waals surface area (Å²) in [6.07, 6.45) is 0.962. The zero-order valence-corrected chi connectivity index (χ0v) is 14.5. The highest BCUT2D eigenvalue weighted by Crippen LogP contribution is 2.28. The second-order valence-corrected chi connectivity index (χ2v) is 5.90. The van der Waals surface area contributed by atoms with Crippen molar-refractivity contribution < 1.29 is 14.5 Å². The Morgan fingerprint density at radius 3 is 2.65 bits per heavy atom. The number of benzene rings is 2. The predicted octanol–water partition coefficient (Wildman–Crippen LogP) is 3.53. The van der Waals surface area contributed by atoms with E-state index in [2.05, 4.69) is 4.98 Å². The van der Waals surface area contributed by atoms with Gasteiger partial charge in [-0.05, 0) is 25.5 Å². The SMILES string of the molecule is CCO[C@@H](C)C(=O)C(c1ccccc1)n1cnc2cc([N+](=O)[O-])ccc21. The quantitative estimate of drug-likeness (QED) is 0.479. The van der Waals surface area contributed by atoms with Crippen molar-refractivity contribution in [3.05, 3.63) is 70.5 Å². The molecule has 0 aliphatic carbocycles. The third-order valence-electron chi connectivity index (χ3n) is 4.25.